The van der Waals surface area contributed by atoms with E-state index in [4.69, 9.17) is 10.5 Å². The van der Waals surface area contributed by atoms with Gasteiger partial charge < -0.3 is 10.5 Å². The minimum absolute atomic E-state index is 0.307. The van der Waals surface area contributed by atoms with Crippen molar-refractivity contribution in [1.82, 2.24) is 9.21 Å². The van der Waals surface area contributed by atoms with Gasteiger partial charge in [0.15, 0.2) is 0 Å². The SMILES string of the molecule is CS(=O)(=O)N1CCC(N(CCN)C2CCOCC2)C1. The first kappa shape index (κ1) is 15.2. The smallest absolute Gasteiger partial charge is 0.211 e. The average Bonchev–Trinajstić information content (AvgIpc) is 2.86. The third-order valence-electron chi connectivity index (χ3n) is 4.11. The van der Waals surface area contributed by atoms with Gasteiger partial charge in [0.1, 0.15) is 0 Å². The minimum Gasteiger partial charge on any atom is -0.381 e. The molecule has 0 aromatic heterocycles. The maximum Gasteiger partial charge on any atom is 0.211 e. The van der Waals surface area contributed by atoms with Crippen LogP contribution in [0.4, 0.5) is 0 Å². The van der Waals surface area contributed by atoms with E-state index >= 15 is 0 Å². The molecule has 19 heavy (non-hydrogen) atoms. The molecule has 0 aromatic rings. The van der Waals surface area contributed by atoms with Crippen molar-refractivity contribution in [1.29, 1.82) is 0 Å². The van der Waals surface area contributed by atoms with E-state index in [0.717, 1.165) is 39.0 Å². The summed E-state index contributed by atoms with van der Waals surface area (Å²) in [7, 11) is -3.06. The van der Waals surface area contributed by atoms with Gasteiger partial charge in [0.25, 0.3) is 0 Å². The monoisotopic (exact) mass is 291 g/mol. The highest BCUT2D eigenvalue weighted by atomic mass is 32.2. The van der Waals surface area contributed by atoms with E-state index in [9.17, 15) is 8.42 Å². The Labute approximate surface area is 115 Å². The highest BCUT2D eigenvalue weighted by molar-refractivity contribution is 7.88. The van der Waals surface area contributed by atoms with E-state index in [1.54, 1.807) is 4.31 Å². The lowest BCUT2D eigenvalue weighted by Gasteiger charge is -2.38. The van der Waals surface area contributed by atoms with Crippen LogP contribution in [0.25, 0.3) is 0 Å². The molecule has 0 bridgehead atoms. The predicted octanol–water partition coefficient (Wildman–Crippen LogP) is -0.540. The van der Waals surface area contributed by atoms with Crippen molar-refractivity contribution < 1.29 is 13.2 Å². The summed E-state index contributed by atoms with van der Waals surface area (Å²) in [6, 6.07) is 0.795. The lowest BCUT2D eigenvalue weighted by molar-refractivity contribution is 0.0203. The second-order valence-corrected chi connectivity index (χ2v) is 7.42. The van der Waals surface area contributed by atoms with Gasteiger partial charge in [-0.05, 0) is 19.3 Å². The first-order valence-corrected chi connectivity index (χ1v) is 8.86. The van der Waals surface area contributed by atoms with E-state index in [2.05, 4.69) is 4.90 Å². The number of nitrogens with two attached hydrogens (primary N) is 1. The molecule has 112 valence electrons. The summed E-state index contributed by atoms with van der Waals surface area (Å²) in [5.74, 6) is 0. The van der Waals surface area contributed by atoms with E-state index < -0.39 is 10.0 Å². The summed E-state index contributed by atoms with van der Waals surface area (Å²) in [6.07, 6.45) is 4.24. The summed E-state index contributed by atoms with van der Waals surface area (Å²) < 4.78 is 30.2. The van der Waals surface area contributed by atoms with E-state index in [1.165, 1.54) is 6.26 Å². The van der Waals surface area contributed by atoms with E-state index in [-0.39, 0.29) is 0 Å². The molecule has 2 rings (SSSR count). The molecule has 0 aliphatic carbocycles. The first-order valence-electron chi connectivity index (χ1n) is 7.01. The lowest BCUT2D eigenvalue weighted by atomic mass is 10.0. The molecule has 0 amide bonds. The van der Waals surface area contributed by atoms with E-state index in [1.807, 2.05) is 0 Å². The van der Waals surface area contributed by atoms with Crippen LogP contribution in [0.3, 0.4) is 0 Å². The quantitative estimate of drug-likeness (QED) is 0.736. The van der Waals surface area contributed by atoms with Crippen molar-refractivity contribution in [3.63, 3.8) is 0 Å². The molecular weight excluding hydrogens is 266 g/mol. The zero-order chi connectivity index (χ0) is 13.9. The molecule has 6 nitrogen and oxygen atoms in total. The number of rotatable bonds is 5. The average molecular weight is 291 g/mol. The lowest BCUT2D eigenvalue weighted by Crippen LogP contribution is -2.49. The van der Waals surface area contributed by atoms with Gasteiger partial charge in [-0.2, -0.15) is 0 Å². The molecule has 2 fully saturated rings. The maximum absolute atomic E-state index is 11.6. The van der Waals surface area contributed by atoms with Crippen molar-refractivity contribution in [2.75, 3.05) is 45.6 Å². The van der Waals surface area contributed by atoms with Crippen LogP contribution in [0.15, 0.2) is 0 Å². The number of hydrogen-bond acceptors (Lipinski definition) is 5. The number of ether oxygens (including phenoxy) is 1. The Morgan fingerprint density at radius 3 is 2.47 bits per heavy atom. The first-order chi connectivity index (χ1) is 9.02. The molecule has 1 atom stereocenters. The zero-order valence-electron chi connectivity index (χ0n) is 11.6. The third-order valence-corrected chi connectivity index (χ3v) is 5.38. The van der Waals surface area contributed by atoms with Crippen LogP contribution in [-0.4, -0.2) is 75.4 Å². The predicted molar refractivity (Wildman–Crippen MR) is 74.4 cm³/mol. The fraction of sp³-hybridized carbons (Fsp3) is 1.00. The van der Waals surface area contributed by atoms with Crippen molar-refractivity contribution in [2.45, 2.75) is 31.3 Å². The van der Waals surface area contributed by atoms with Gasteiger partial charge in [-0.3, -0.25) is 4.90 Å². The van der Waals surface area contributed by atoms with Gasteiger partial charge in [-0.25, -0.2) is 12.7 Å². The van der Waals surface area contributed by atoms with Gasteiger partial charge in [-0.15, -0.1) is 0 Å². The second-order valence-electron chi connectivity index (χ2n) is 5.43. The molecular formula is C12H25N3O3S. The van der Waals surface area contributed by atoms with Gasteiger partial charge in [0.2, 0.25) is 10.0 Å². The Hall–Kier alpha value is -0.210. The molecule has 7 heteroatoms. The molecule has 0 radical (unpaired) electrons. The Bertz CT molecular complexity index is 382. The molecule has 0 spiro atoms. The Kier molecular flexibility index (Phi) is 5.19. The van der Waals surface area contributed by atoms with Crippen LogP contribution in [0.2, 0.25) is 0 Å². The van der Waals surface area contributed by atoms with Gasteiger partial charge >= 0.3 is 0 Å². The molecule has 2 aliphatic heterocycles. The van der Waals surface area contributed by atoms with Crippen LogP contribution in [-0.2, 0) is 14.8 Å². The van der Waals surface area contributed by atoms with Gasteiger partial charge in [0, 0.05) is 51.5 Å². The fourth-order valence-electron chi connectivity index (χ4n) is 3.11. The molecule has 2 N–H and O–H groups in total. The van der Waals surface area contributed by atoms with Gasteiger partial charge in [-0.1, -0.05) is 0 Å². The Morgan fingerprint density at radius 2 is 1.95 bits per heavy atom. The second kappa shape index (κ2) is 6.49. The van der Waals surface area contributed by atoms with Gasteiger partial charge in [0.05, 0.1) is 6.26 Å². The van der Waals surface area contributed by atoms with Crippen molar-refractivity contribution in [3.05, 3.63) is 0 Å². The topological polar surface area (TPSA) is 75.9 Å². The Balaban J connectivity index is 1.99. The summed E-state index contributed by atoms with van der Waals surface area (Å²) in [5.41, 5.74) is 5.72. The number of hydrogen-bond donors (Lipinski definition) is 1. The van der Waals surface area contributed by atoms with Crippen molar-refractivity contribution >= 4 is 10.0 Å². The third kappa shape index (κ3) is 3.88. The summed E-state index contributed by atoms with van der Waals surface area (Å²) in [4.78, 5) is 2.41. The van der Waals surface area contributed by atoms with Crippen molar-refractivity contribution in [2.24, 2.45) is 5.73 Å². The highest BCUT2D eigenvalue weighted by Crippen LogP contribution is 2.23. The largest absolute Gasteiger partial charge is 0.381 e. The number of sulfonamides is 1. The summed E-state index contributed by atoms with van der Waals surface area (Å²) in [5, 5.41) is 0. The maximum atomic E-state index is 11.6. The fourth-order valence-corrected chi connectivity index (χ4v) is 3.99. The normalized spacial score (nSPS) is 27.2. The van der Waals surface area contributed by atoms with Crippen LogP contribution >= 0.6 is 0 Å². The molecule has 0 aromatic carbocycles. The molecule has 0 saturated carbocycles. The standard InChI is InChI=1S/C12H25N3O3S/c1-19(16,17)14-6-2-12(10-14)15(7-5-13)11-3-8-18-9-4-11/h11-12H,2-10,13H2,1H3. The van der Waals surface area contributed by atoms with Crippen LogP contribution in [0, 0.1) is 0 Å². The van der Waals surface area contributed by atoms with Crippen molar-refractivity contribution in [3.8, 4) is 0 Å². The number of nitrogens with zero attached hydrogens (tertiary/aromatic N) is 2. The Morgan fingerprint density at radius 1 is 1.26 bits per heavy atom. The molecule has 2 saturated heterocycles. The summed E-state index contributed by atoms with van der Waals surface area (Å²) >= 11 is 0. The van der Waals surface area contributed by atoms with Crippen LogP contribution in [0.1, 0.15) is 19.3 Å². The minimum atomic E-state index is -3.06. The van der Waals surface area contributed by atoms with Crippen LogP contribution < -0.4 is 5.73 Å². The molecule has 2 heterocycles. The van der Waals surface area contributed by atoms with E-state index in [0.29, 0.717) is 31.7 Å². The van der Waals surface area contributed by atoms with Crippen LogP contribution in [0.5, 0.6) is 0 Å². The highest BCUT2D eigenvalue weighted by Gasteiger charge is 2.35. The summed E-state index contributed by atoms with van der Waals surface area (Å²) in [6.45, 7) is 4.30. The molecule has 2 aliphatic rings. The zero-order valence-corrected chi connectivity index (χ0v) is 12.4. The molecule has 1 unspecified atom stereocenters.